The van der Waals surface area contributed by atoms with Crippen LogP contribution in [0.5, 0.6) is 11.5 Å². The predicted octanol–water partition coefficient (Wildman–Crippen LogP) is 5.55. The van der Waals surface area contributed by atoms with E-state index in [9.17, 15) is 10.2 Å². The lowest BCUT2D eigenvalue weighted by Crippen LogP contribution is -2.24. The average molecular weight is 364 g/mol. The number of rotatable bonds is 2. The molecule has 0 saturated heterocycles. The standard InChI is InChI=1S/C23H28N2O2/c1-22(2,3)19-20(15-7-11-17(26)12-8-15)24-25(21(19)23(4,5)6)16-9-13-18(27)14-10-16/h7-14,26-27H,1-6H3. The smallest absolute Gasteiger partial charge is 0.115 e. The average Bonchev–Trinajstić information content (AvgIpc) is 2.97. The summed E-state index contributed by atoms with van der Waals surface area (Å²) in [6, 6.07) is 14.3. The highest BCUT2D eigenvalue weighted by Gasteiger charge is 2.34. The van der Waals surface area contributed by atoms with Crippen molar-refractivity contribution in [2.45, 2.75) is 52.4 Å². The fourth-order valence-electron chi connectivity index (χ4n) is 3.42. The van der Waals surface area contributed by atoms with E-state index in [2.05, 4.69) is 41.5 Å². The molecule has 0 atom stereocenters. The lowest BCUT2D eigenvalue weighted by Gasteiger charge is -2.28. The number of hydrogen-bond acceptors (Lipinski definition) is 3. The van der Waals surface area contributed by atoms with Crippen molar-refractivity contribution >= 4 is 0 Å². The van der Waals surface area contributed by atoms with Crippen LogP contribution in [0.15, 0.2) is 48.5 Å². The minimum absolute atomic E-state index is 0.120. The highest BCUT2D eigenvalue weighted by molar-refractivity contribution is 5.68. The minimum Gasteiger partial charge on any atom is -0.508 e. The van der Waals surface area contributed by atoms with Gasteiger partial charge in [0.1, 0.15) is 11.5 Å². The number of hydrogen-bond donors (Lipinski definition) is 2. The van der Waals surface area contributed by atoms with Crippen molar-refractivity contribution in [2.24, 2.45) is 0 Å². The van der Waals surface area contributed by atoms with E-state index in [1.165, 1.54) is 5.56 Å². The third-order valence-corrected chi connectivity index (χ3v) is 4.58. The van der Waals surface area contributed by atoms with Crippen LogP contribution in [0, 0.1) is 0 Å². The Balaban J connectivity index is 2.37. The Hall–Kier alpha value is -2.75. The first kappa shape index (κ1) is 19.0. The molecule has 0 aliphatic carbocycles. The van der Waals surface area contributed by atoms with E-state index < -0.39 is 0 Å². The van der Waals surface area contributed by atoms with Crippen molar-refractivity contribution in [1.82, 2.24) is 9.78 Å². The van der Waals surface area contributed by atoms with Crippen molar-refractivity contribution in [3.8, 4) is 28.4 Å². The van der Waals surface area contributed by atoms with Crippen LogP contribution in [0.2, 0.25) is 0 Å². The number of nitrogens with zero attached hydrogens (tertiary/aromatic N) is 2. The summed E-state index contributed by atoms with van der Waals surface area (Å²) in [4.78, 5) is 0. The van der Waals surface area contributed by atoms with Gasteiger partial charge in [0.05, 0.1) is 17.1 Å². The molecule has 27 heavy (non-hydrogen) atoms. The molecule has 0 unspecified atom stereocenters. The van der Waals surface area contributed by atoms with E-state index in [0.29, 0.717) is 0 Å². The first-order chi connectivity index (χ1) is 12.5. The van der Waals surface area contributed by atoms with Gasteiger partial charge in [0.25, 0.3) is 0 Å². The molecule has 4 heteroatoms. The Labute approximate surface area is 161 Å². The number of benzene rings is 2. The molecule has 0 spiro atoms. The molecule has 0 aliphatic heterocycles. The summed E-state index contributed by atoms with van der Waals surface area (Å²) in [5.74, 6) is 0.475. The molecule has 1 heterocycles. The van der Waals surface area contributed by atoms with Gasteiger partial charge >= 0.3 is 0 Å². The second-order valence-electron chi connectivity index (χ2n) is 9.05. The maximum atomic E-state index is 9.68. The predicted molar refractivity (Wildman–Crippen MR) is 110 cm³/mol. The van der Waals surface area contributed by atoms with E-state index >= 15 is 0 Å². The summed E-state index contributed by atoms with van der Waals surface area (Å²) in [7, 11) is 0. The van der Waals surface area contributed by atoms with Gasteiger partial charge in [-0.15, -0.1) is 0 Å². The monoisotopic (exact) mass is 364 g/mol. The fraction of sp³-hybridized carbons (Fsp3) is 0.348. The van der Waals surface area contributed by atoms with Gasteiger partial charge in [0.2, 0.25) is 0 Å². The highest BCUT2D eigenvalue weighted by atomic mass is 16.3. The molecule has 0 fully saturated rings. The van der Waals surface area contributed by atoms with Gasteiger partial charge in [-0.2, -0.15) is 5.10 Å². The Kier molecular flexibility index (Phi) is 4.54. The topological polar surface area (TPSA) is 58.3 Å². The van der Waals surface area contributed by atoms with Crippen LogP contribution in [0.3, 0.4) is 0 Å². The molecule has 0 saturated carbocycles. The van der Waals surface area contributed by atoms with E-state index in [1.54, 1.807) is 24.3 Å². The molecule has 3 rings (SSSR count). The van der Waals surface area contributed by atoms with Crippen molar-refractivity contribution in [3.63, 3.8) is 0 Å². The van der Waals surface area contributed by atoms with Gasteiger partial charge in [-0.05, 0) is 53.9 Å². The van der Waals surface area contributed by atoms with Crippen LogP contribution in [0.25, 0.3) is 16.9 Å². The molecular formula is C23H28N2O2. The Morgan fingerprint density at radius 1 is 0.704 bits per heavy atom. The van der Waals surface area contributed by atoms with E-state index in [4.69, 9.17) is 5.10 Å². The van der Waals surface area contributed by atoms with Gasteiger partial charge in [0, 0.05) is 16.5 Å². The molecule has 0 amide bonds. The summed E-state index contributed by atoms with van der Waals surface area (Å²) in [5, 5.41) is 24.3. The largest absolute Gasteiger partial charge is 0.508 e. The molecule has 0 bridgehead atoms. The third-order valence-electron chi connectivity index (χ3n) is 4.58. The minimum atomic E-state index is -0.136. The molecule has 2 aromatic carbocycles. The second kappa shape index (κ2) is 6.45. The Morgan fingerprint density at radius 2 is 1.19 bits per heavy atom. The van der Waals surface area contributed by atoms with Crippen molar-refractivity contribution in [3.05, 3.63) is 59.8 Å². The molecule has 4 nitrogen and oxygen atoms in total. The van der Waals surface area contributed by atoms with Gasteiger partial charge in [-0.3, -0.25) is 0 Å². The molecule has 0 radical (unpaired) electrons. The first-order valence-electron chi connectivity index (χ1n) is 9.21. The Bertz CT molecular complexity index is 860. The molecule has 3 aromatic rings. The Morgan fingerprint density at radius 3 is 1.63 bits per heavy atom. The fourth-order valence-corrected chi connectivity index (χ4v) is 3.42. The van der Waals surface area contributed by atoms with Gasteiger partial charge in [-0.25, -0.2) is 4.68 Å². The quantitative estimate of drug-likeness (QED) is 0.627. The lowest BCUT2D eigenvalue weighted by molar-refractivity contribution is 0.474. The SMILES string of the molecule is CC(C)(C)c1c(-c2ccc(O)cc2)nn(-c2ccc(O)cc2)c1C(C)(C)C. The second-order valence-corrected chi connectivity index (χ2v) is 9.05. The van der Waals surface area contributed by atoms with Crippen LogP contribution < -0.4 is 0 Å². The zero-order valence-electron chi connectivity index (χ0n) is 16.9. The third kappa shape index (κ3) is 3.70. The van der Waals surface area contributed by atoms with E-state index in [1.807, 2.05) is 28.9 Å². The van der Waals surface area contributed by atoms with Crippen LogP contribution >= 0.6 is 0 Å². The number of aromatic nitrogens is 2. The zero-order chi connectivity index (χ0) is 20.0. The highest BCUT2D eigenvalue weighted by Crippen LogP contribution is 2.41. The molecule has 2 N–H and O–H groups in total. The summed E-state index contributed by atoms with van der Waals surface area (Å²) in [5.41, 5.74) is 4.88. The summed E-state index contributed by atoms with van der Waals surface area (Å²) in [6.45, 7) is 13.2. The molecule has 142 valence electrons. The van der Waals surface area contributed by atoms with Crippen molar-refractivity contribution in [2.75, 3.05) is 0 Å². The van der Waals surface area contributed by atoms with Crippen molar-refractivity contribution < 1.29 is 10.2 Å². The van der Waals surface area contributed by atoms with Crippen molar-refractivity contribution in [1.29, 1.82) is 0 Å². The van der Waals surface area contributed by atoms with E-state index in [-0.39, 0.29) is 22.3 Å². The van der Waals surface area contributed by atoms with E-state index in [0.717, 1.165) is 22.6 Å². The van der Waals surface area contributed by atoms with Gasteiger partial charge < -0.3 is 10.2 Å². The van der Waals surface area contributed by atoms with Gasteiger partial charge in [0.15, 0.2) is 0 Å². The van der Waals surface area contributed by atoms with Crippen LogP contribution in [-0.2, 0) is 10.8 Å². The van der Waals surface area contributed by atoms with Crippen LogP contribution in [0.4, 0.5) is 0 Å². The number of phenols is 2. The zero-order valence-corrected chi connectivity index (χ0v) is 16.9. The molecule has 0 aliphatic rings. The summed E-state index contributed by atoms with van der Waals surface area (Å²) in [6.07, 6.45) is 0. The number of aromatic hydroxyl groups is 2. The maximum Gasteiger partial charge on any atom is 0.115 e. The number of phenolic OH excluding ortho intramolecular Hbond substituents is 2. The van der Waals surface area contributed by atoms with Gasteiger partial charge in [-0.1, -0.05) is 41.5 Å². The summed E-state index contributed by atoms with van der Waals surface area (Å²) >= 11 is 0. The lowest BCUT2D eigenvalue weighted by atomic mass is 9.77. The maximum absolute atomic E-state index is 9.68. The molecular weight excluding hydrogens is 336 g/mol. The normalized spacial score (nSPS) is 12.4. The van der Waals surface area contributed by atoms with Crippen LogP contribution in [0.1, 0.15) is 52.8 Å². The van der Waals surface area contributed by atoms with Crippen LogP contribution in [-0.4, -0.2) is 20.0 Å². The molecule has 1 aromatic heterocycles. The summed E-state index contributed by atoms with van der Waals surface area (Å²) < 4.78 is 1.99. The first-order valence-corrected chi connectivity index (χ1v) is 9.21.